The van der Waals surface area contributed by atoms with Crippen LogP contribution in [0.15, 0.2) is 18.2 Å². The summed E-state index contributed by atoms with van der Waals surface area (Å²) in [5.74, 6) is 1.42. The molecular weight excluding hydrogens is 268 g/mol. The number of hydrogen-bond acceptors (Lipinski definition) is 4. The third kappa shape index (κ3) is 5.63. The molecule has 0 radical (unpaired) electrons. The van der Waals surface area contributed by atoms with Crippen LogP contribution in [0.5, 0.6) is 11.5 Å². The summed E-state index contributed by atoms with van der Waals surface area (Å²) in [6.07, 6.45) is 0.953. The number of nitrogens with zero attached hydrogens (tertiary/aromatic N) is 1. The number of benzene rings is 1. The topological polar surface area (TPSA) is 50.8 Å². The van der Waals surface area contributed by atoms with Gasteiger partial charge in [0.05, 0.1) is 6.61 Å². The molecule has 5 heteroatoms. The van der Waals surface area contributed by atoms with E-state index in [9.17, 15) is 4.79 Å². The third-order valence-corrected chi connectivity index (χ3v) is 3.13. The fraction of sp³-hybridized carbons (Fsp3) is 0.562. The van der Waals surface area contributed by atoms with Crippen LogP contribution in [-0.4, -0.2) is 44.7 Å². The van der Waals surface area contributed by atoms with Crippen molar-refractivity contribution in [2.45, 2.75) is 26.8 Å². The van der Waals surface area contributed by atoms with Gasteiger partial charge in [-0.25, -0.2) is 0 Å². The molecule has 1 amide bonds. The van der Waals surface area contributed by atoms with Crippen LogP contribution in [0.25, 0.3) is 0 Å². The van der Waals surface area contributed by atoms with E-state index >= 15 is 0 Å². The first-order chi connectivity index (χ1) is 10.1. The van der Waals surface area contributed by atoms with E-state index < -0.39 is 0 Å². The maximum absolute atomic E-state index is 11.8. The molecule has 0 aliphatic heterocycles. The molecule has 1 aromatic carbocycles. The number of carbonyl (C=O) groups is 1. The van der Waals surface area contributed by atoms with Gasteiger partial charge in [-0.15, -0.1) is 0 Å². The lowest BCUT2D eigenvalue weighted by molar-refractivity contribution is -0.131. The lowest BCUT2D eigenvalue weighted by atomic mass is 10.2. The van der Waals surface area contributed by atoms with Gasteiger partial charge >= 0.3 is 0 Å². The van der Waals surface area contributed by atoms with E-state index in [4.69, 9.17) is 9.47 Å². The average Bonchev–Trinajstić information content (AvgIpc) is 2.51. The molecule has 0 aliphatic carbocycles. The van der Waals surface area contributed by atoms with Gasteiger partial charge < -0.3 is 19.7 Å². The van der Waals surface area contributed by atoms with Gasteiger partial charge in [0.1, 0.15) is 11.5 Å². The summed E-state index contributed by atoms with van der Waals surface area (Å²) in [4.78, 5) is 13.5. The van der Waals surface area contributed by atoms with Crippen LogP contribution in [0, 0.1) is 0 Å². The van der Waals surface area contributed by atoms with Gasteiger partial charge in [0.15, 0.2) is 6.61 Å². The van der Waals surface area contributed by atoms with Crippen LogP contribution in [0.1, 0.15) is 25.8 Å². The minimum absolute atomic E-state index is 0.0345. The van der Waals surface area contributed by atoms with Gasteiger partial charge in [-0.2, -0.15) is 0 Å². The Morgan fingerprint density at radius 2 is 2.05 bits per heavy atom. The van der Waals surface area contributed by atoms with Crippen LogP contribution >= 0.6 is 0 Å². The van der Waals surface area contributed by atoms with Crippen molar-refractivity contribution in [1.29, 1.82) is 0 Å². The van der Waals surface area contributed by atoms with Crippen LogP contribution in [-0.2, 0) is 11.3 Å². The average molecular weight is 294 g/mol. The van der Waals surface area contributed by atoms with Gasteiger partial charge in [0.2, 0.25) is 0 Å². The monoisotopic (exact) mass is 294 g/mol. The Morgan fingerprint density at radius 3 is 2.67 bits per heavy atom. The van der Waals surface area contributed by atoms with E-state index in [0.29, 0.717) is 25.4 Å². The van der Waals surface area contributed by atoms with Crippen molar-refractivity contribution in [2.24, 2.45) is 0 Å². The molecule has 0 spiro atoms. The molecule has 1 N–H and O–H groups in total. The zero-order chi connectivity index (χ0) is 15.7. The Labute approximate surface area is 127 Å². The van der Waals surface area contributed by atoms with Crippen molar-refractivity contribution in [3.05, 3.63) is 23.8 Å². The van der Waals surface area contributed by atoms with Crippen LogP contribution in [0.4, 0.5) is 0 Å². The number of carbonyl (C=O) groups excluding carboxylic acids is 1. The Kier molecular flexibility index (Phi) is 7.61. The molecular formula is C16H26N2O3. The first-order valence-electron chi connectivity index (χ1n) is 7.39. The van der Waals surface area contributed by atoms with Gasteiger partial charge in [-0.1, -0.05) is 13.0 Å². The maximum Gasteiger partial charge on any atom is 0.260 e. The molecule has 5 nitrogen and oxygen atoms in total. The number of rotatable bonds is 9. The summed E-state index contributed by atoms with van der Waals surface area (Å²) < 4.78 is 11.3. The summed E-state index contributed by atoms with van der Waals surface area (Å²) in [7, 11) is 3.64. The quantitative estimate of drug-likeness (QED) is 0.757. The summed E-state index contributed by atoms with van der Waals surface area (Å²) in [5.41, 5.74) is 1.01. The fourth-order valence-corrected chi connectivity index (χ4v) is 1.74. The second-order valence-corrected chi connectivity index (χ2v) is 4.84. The molecule has 0 saturated heterocycles. The molecule has 118 valence electrons. The maximum atomic E-state index is 11.8. The third-order valence-electron chi connectivity index (χ3n) is 3.13. The lowest BCUT2D eigenvalue weighted by Gasteiger charge is -2.17. The van der Waals surface area contributed by atoms with E-state index in [1.165, 1.54) is 0 Å². The Morgan fingerprint density at radius 1 is 1.29 bits per heavy atom. The number of likely N-dealkylation sites (N-methyl/N-ethyl adjacent to an activating group) is 1. The highest BCUT2D eigenvalue weighted by atomic mass is 16.5. The van der Waals surface area contributed by atoms with Crippen molar-refractivity contribution in [1.82, 2.24) is 10.2 Å². The minimum Gasteiger partial charge on any atom is -0.493 e. The van der Waals surface area contributed by atoms with Crippen molar-refractivity contribution in [2.75, 3.05) is 33.9 Å². The number of ether oxygens (including phenoxy) is 2. The Balaban J connectivity index is 2.77. The summed E-state index contributed by atoms with van der Waals surface area (Å²) in [6, 6.07) is 5.74. The molecule has 0 heterocycles. The Hall–Kier alpha value is -1.75. The van der Waals surface area contributed by atoms with Crippen molar-refractivity contribution < 1.29 is 14.3 Å². The molecule has 0 bridgehead atoms. The molecule has 1 rings (SSSR count). The number of hydrogen-bond donors (Lipinski definition) is 1. The molecule has 1 aromatic rings. The number of nitrogens with one attached hydrogen (secondary N) is 1. The number of amides is 1. The highest BCUT2D eigenvalue weighted by Crippen LogP contribution is 2.25. The predicted molar refractivity (Wildman–Crippen MR) is 83.8 cm³/mol. The summed E-state index contributed by atoms with van der Waals surface area (Å²) in [6.45, 7) is 6.06. The molecule has 0 aliphatic rings. The molecule has 0 unspecified atom stereocenters. The molecule has 0 saturated carbocycles. The van der Waals surface area contributed by atoms with Crippen molar-refractivity contribution in [3.63, 3.8) is 0 Å². The molecule has 0 fully saturated rings. The second kappa shape index (κ2) is 9.23. The van der Waals surface area contributed by atoms with Crippen LogP contribution in [0.3, 0.4) is 0 Å². The smallest absolute Gasteiger partial charge is 0.260 e. The zero-order valence-electron chi connectivity index (χ0n) is 13.4. The van der Waals surface area contributed by atoms with Crippen molar-refractivity contribution in [3.8, 4) is 11.5 Å². The SMILES string of the molecule is CCCOc1ccc(CNC)c(OCC(=O)N(C)CC)c1. The van der Waals surface area contributed by atoms with Gasteiger partial charge in [0, 0.05) is 31.8 Å². The lowest BCUT2D eigenvalue weighted by Crippen LogP contribution is -2.31. The Bertz CT molecular complexity index is 449. The second-order valence-electron chi connectivity index (χ2n) is 4.84. The zero-order valence-corrected chi connectivity index (χ0v) is 13.4. The van der Waals surface area contributed by atoms with E-state index in [-0.39, 0.29) is 12.5 Å². The fourth-order valence-electron chi connectivity index (χ4n) is 1.74. The van der Waals surface area contributed by atoms with E-state index in [1.807, 2.05) is 32.2 Å². The highest BCUT2D eigenvalue weighted by molar-refractivity contribution is 5.77. The largest absolute Gasteiger partial charge is 0.493 e. The minimum atomic E-state index is -0.0345. The molecule has 0 atom stereocenters. The highest BCUT2D eigenvalue weighted by Gasteiger charge is 2.11. The predicted octanol–water partition coefficient (Wildman–Crippen LogP) is 2.05. The van der Waals surface area contributed by atoms with Crippen LogP contribution < -0.4 is 14.8 Å². The molecule has 21 heavy (non-hydrogen) atoms. The normalized spacial score (nSPS) is 10.3. The first kappa shape index (κ1) is 17.3. The van der Waals surface area contributed by atoms with Gasteiger partial charge in [-0.3, -0.25) is 4.79 Å². The van der Waals surface area contributed by atoms with Crippen molar-refractivity contribution >= 4 is 5.91 Å². The molecule has 0 aromatic heterocycles. The van der Waals surface area contributed by atoms with Gasteiger partial charge in [0.25, 0.3) is 5.91 Å². The van der Waals surface area contributed by atoms with E-state index in [0.717, 1.165) is 17.7 Å². The first-order valence-corrected chi connectivity index (χ1v) is 7.39. The standard InChI is InChI=1S/C16H26N2O3/c1-5-9-20-14-8-7-13(11-17-3)15(10-14)21-12-16(19)18(4)6-2/h7-8,10,17H,5-6,9,11-12H2,1-4H3. The van der Waals surface area contributed by atoms with E-state index in [1.54, 1.807) is 11.9 Å². The van der Waals surface area contributed by atoms with Crippen LogP contribution in [0.2, 0.25) is 0 Å². The van der Waals surface area contributed by atoms with E-state index in [2.05, 4.69) is 12.2 Å². The summed E-state index contributed by atoms with van der Waals surface area (Å²) >= 11 is 0. The van der Waals surface area contributed by atoms with Gasteiger partial charge in [-0.05, 0) is 26.5 Å². The summed E-state index contributed by atoms with van der Waals surface area (Å²) in [5, 5.41) is 3.09.